The first kappa shape index (κ1) is 21.1. The summed E-state index contributed by atoms with van der Waals surface area (Å²) >= 11 is 5.48. The lowest BCUT2D eigenvalue weighted by molar-refractivity contribution is 0.0601. The van der Waals surface area contributed by atoms with Crippen LogP contribution in [0.15, 0.2) is 66.7 Å². The van der Waals surface area contributed by atoms with Crippen molar-refractivity contribution in [3.05, 3.63) is 72.3 Å². The fraction of sp³-hybridized carbons (Fsp3) is 0.130. The van der Waals surface area contributed by atoms with E-state index in [4.69, 9.17) is 26.4 Å². The molecule has 0 amide bonds. The molecule has 0 aliphatic heterocycles. The van der Waals surface area contributed by atoms with Crippen molar-refractivity contribution in [1.29, 1.82) is 0 Å². The number of rotatable bonds is 6. The zero-order valence-corrected chi connectivity index (χ0v) is 17.7. The molecule has 154 valence electrons. The molecule has 0 unspecified atom stereocenters. The summed E-state index contributed by atoms with van der Waals surface area (Å²) in [5, 5.41) is 6.55. The molecule has 0 heterocycles. The largest absolute Gasteiger partial charge is 0.495 e. The van der Waals surface area contributed by atoms with Gasteiger partial charge in [0.1, 0.15) is 11.5 Å². The minimum atomic E-state index is -0.447. The van der Waals surface area contributed by atoms with E-state index in [1.807, 2.05) is 48.5 Å². The number of nitrogens with one attached hydrogen (secondary N) is 2. The van der Waals surface area contributed by atoms with Crippen molar-refractivity contribution in [3.8, 4) is 22.6 Å². The topological polar surface area (TPSA) is 68.8 Å². The summed E-state index contributed by atoms with van der Waals surface area (Å²) in [6.07, 6.45) is 0. The number of carbonyl (C=O) groups excluding carboxylic acids is 1. The smallest absolute Gasteiger partial charge is 0.337 e. The Morgan fingerprint density at radius 2 is 1.37 bits per heavy atom. The first-order valence-electron chi connectivity index (χ1n) is 9.13. The van der Waals surface area contributed by atoms with E-state index < -0.39 is 5.97 Å². The average molecular weight is 423 g/mol. The molecule has 6 nitrogen and oxygen atoms in total. The molecule has 0 atom stereocenters. The monoisotopic (exact) mass is 422 g/mol. The van der Waals surface area contributed by atoms with Gasteiger partial charge < -0.3 is 24.8 Å². The van der Waals surface area contributed by atoms with E-state index in [2.05, 4.69) is 10.6 Å². The van der Waals surface area contributed by atoms with Gasteiger partial charge in [-0.2, -0.15) is 0 Å². The highest BCUT2D eigenvalue weighted by Gasteiger charge is 2.13. The molecule has 0 aromatic heterocycles. The van der Waals surface area contributed by atoms with Gasteiger partial charge in [0.25, 0.3) is 0 Å². The van der Waals surface area contributed by atoms with Crippen molar-refractivity contribution in [2.24, 2.45) is 0 Å². The summed E-state index contributed by atoms with van der Waals surface area (Å²) in [4.78, 5) is 11.8. The van der Waals surface area contributed by atoms with Crippen LogP contribution >= 0.6 is 12.2 Å². The Balaban J connectivity index is 1.85. The van der Waals surface area contributed by atoms with E-state index in [-0.39, 0.29) is 0 Å². The third-order valence-electron chi connectivity index (χ3n) is 4.42. The maximum absolute atomic E-state index is 11.8. The van der Waals surface area contributed by atoms with Crippen molar-refractivity contribution in [2.75, 3.05) is 32.0 Å². The van der Waals surface area contributed by atoms with Crippen LogP contribution in [-0.4, -0.2) is 32.4 Å². The van der Waals surface area contributed by atoms with Crippen molar-refractivity contribution < 1.29 is 19.0 Å². The molecule has 0 saturated carbocycles. The van der Waals surface area contributed by atoms with Crippen LogP contribution < -0.4 is 20.1 Å². The maximum Gasteiger partial charge on any atom is 0.337 e. The highest BCUT2D eigenvalue weighted by Crippen LogP contribution is 2.31. The molecule has 0 spiro atoms. The van der Waals surface area contributed by atoms with Gasteiger partial charge in [0, 0.05) is 0 Å². The van der Waals surface area contributed by atoms with Crippen LogP contribution in [0.3, 0.4) is 0 Å². The predicted octanol–water partition coefficient (Wildman–Crippen LogP) is 4.97. The molecule has 30 heavy (non-hydrogen) atoms. The first-order chi connectivity index (χ1) is 14.5. The number of hydrogen-bond donors (Lipinski definition) is 2. The van der Waals surface area contributed by atoms with Crippen LogP contribution in [0.25, 0.3) is 11.1 Å². The lowest BCUT2D eigenvalue weighted by atomic mass is 10.0. The lowest BCUT2D eigenvalue weighted by Crippen LogP contribution is -2.20. The third-order valence-corrected chi connectivity index (χ3v) is 4.63. The van der Waals surface area contributed by atoms with Crippen LogP contribution in [-0.2, 0) is 4.74 Å². The van der Waals surface area contributed by atoms with Crippen LogP contribution in [0, 0.1) is 0 Å². The molecule has 3 rings (SSSR count). The van der Waals surface area contributed by atoms with E-state index in [1.165, 1.54) is 7.11 Å². The normalized spacial score (nSPS) is 10.1. The Bertz CT molecular complexity index is 1050. The highest BCUT2D eigenvalue weighted by molar-refractivity contribution is 7.80. The van der Waals surface area contributed by atoms with Crippen molar-refractivity contribution in [3.63, 3.8) is 0 Å². The number of ether oxygens (including phenoxy) is 3. The molecule has 2 N–H and O–H groups in total. The summed E-state index contributed by atoms with van der Waals surface area (Å²) in [7, 11) is 4.47. The second-order valence-corrected chi connectivity index (χ2v) is 6.68. The van der Waals surface area contributed by atoms with Gasteiger partial charge >= 0.3 is 5.97 Å². The minimum Gasteiger partial charge on any atom is -0.495 e. The summed E-state index contributed by atoms with van der Waals surface area (Å²) in [6, 6.07) is 20.8. The number of hydrogen-bond acceptors (Lipinski definition) is 5. The molecule has 0 radical (unpaired) electrons. The first-order valence-corrected chi connectivity index (χ1v) is 9.54. The summed E-state index contributed by atoms with van der Waals surface area (Å²) in [6.45, 7) is 0. The molecule has 7 heteroatoms. The summed E-state index contributed by atoms with van der Waals surface area (Å²) < 4.78 is 15.6. The van der Waals surface area contributed by atoms with Gasteiger partial charge in [-0.1, -0.05) is 36.4 Å². The van der Waals surface area contributed by atoms with E-state index in [1.54, 1.807) is 32.4 Å². The quantitative estimate of drug-likeness (QED) is 0.429. The highest BCUT2D eigenvalue weighted by atomic mass is 32.1. The van der Waals surface area contributed by atoms with Crippen LogP contribution in [0.2, 0.25) is 0 Å². The fourth-order valence-electron chi connectivity index (χ4n) is 2.94. The SMILES string of the molecule is COC(=O)c1ccc(OC)c(NC(=S)Nc2cc(-c3ccccc3)ccc2OC)c1. The van der Waals surface area contributed by atoms with Gasteiger partial charge in [0.2, 0.25) is 0 Å². The van der Waals surface area contributed by atoms with Gasteiger partial charge in [-0.15, -0.1) is 0 Å². The van der Waals surface area contributed by atoms with Gasteiger partial charge in [-0.3, -0.25) is 0 Å². The van der Waals surface area contributed by atoms with Crippen LogP contribution in [0.4, 0.5) is 11.4 Å². The number of esters is 1. The Labute approximate surface area is 180 Å². The average Bonchev–Trinajstić information content (AvgIpc) is 2.79. The third kappa shape index (κ3) is 4.87. The molecule has 0 aliphatic carbocycles. The van der Waals surface area contributed by atoms with Gasteiger partial charge in [-0.05, 0) is 53.7 Å². The van der Waals surface area contributed by atoms with Crippen molar-refractivity contribution >= 4 is 34.7 Å². The summed E-state index contributed by atoms with van der Waals surface area (Å²) in [5.74, 6) is 0.739. The zero-order valence-electron chi connectivity index (χ0n) is 16.9. The van der Waals surface area contributed by atoms with Crippen molar-refractivity contribution in [2.45, 2.75) is 0 Å². The lowest BCUT2D eigenvalue weighted by Gasteiger charge is -2.17. The Kier molecular flexibility index (Phi) is 6.87. The second-order valence-electron chi connectivity index (χ2n) is 6.27. The number of benzene rings is 3. The van der Waals surface area contributed by atoms with Gasteiger partial charge in [-0.25, -0.2) is 4.79 Å². The Morgan fingerprint density at radius 1 is 0.767 bits per heavy atom. The predicted molar refractivity (Wildman–Crippen MR) is 123 cm³/mol. The Hall–Kier alpha value is -3.58. The number of anilines is 2. The molecular weight excluding hydrogens is 400 g/mol. The van der Waals surface area contributed by atoms with E-state index in [0.717, 1.165) is 11.1 Å². The molecule has 0 bridgehead atoms. The molecule has 0 aliphatic rings. The molecule has 3 aromatic rings. The number of methoxy groups -OCH3 is 3. The van der Waals surface area contributed by atoms with E-state index in [9.17, 15) is 4.79 Å². The molecular formula is C23H22N2O4S. The van der Waals surface area contributed by atoms with Crippen LogP contribution in [0.5, 0.6) is 11.5 Å². The van der Waals surface area contributed by atoms with E-state index in [0.29, 0.717) is 33.5 Å². The maximum atomic E-state index is 11.8. The summed E-state index contributed by atoms with van der Waals surface area (Å²) in [5.41, 5.74) is 3.73. The Morgan fingerprint density at radius 3 is 1.97 bits per heavy atom. The van der Waals surface area contributed by atoms with E-state index >= 15 is 0 Å². The number of carbonyl (C=O) groups is 1. The fourth-order valence-corrected chi connectivity index (χ4v) is 3.16. The number of thiocarbonyl (C=S) groups is 1. The molecule has 0 saturated heterocycles. The molecule has 3 aromatic carbocycles. The molecule has 0 fully saturated rings. The zero-order chi connectivity index (χ0) is 21.5. The standard InChI is InChI=1S/C23H22N2O4S/c1-27-20-11-9-16(15-7-5-4-6-8-15)13-18(20)24-23(30)25-19-14-17(22(26)29-3)10-12-21(19)28-2/h4-14H,1-3H3,(H2,24,25,30). The van der Waals surface area contributed by atoms with Crippen molar-refractivity contribution in [1.82, 2.24) is 0 Å². The van der Waals surface area contributed by atoms with Gasteiger partial charge in [0.15, 0.2) is 5.11 Å². The van der Waals surface area contributed by atoms with Crippen LogP contribution in [0.1, 0.15) is 10.4 Å². The minimum absolute atomic E-state index is 0.318. The second kappa shape index (κ2) is 9.76. The van der Waals surface area contributed by atoms with Gasteiger partial charge in [0.05, 0.1) is 38.3 Å².